The van der Waals surface area contributed by atoms with Crippen molar-refractivity contribution >= 4 is 29.4 Å². The van der Waals surface area contributed by atoms with Crippen molar-refractivity contribution in [3.63, 3.8) is 0 Å². The van der Waals surface area contributed by atoms with Crippen LogP contribution in [-0.4, -0.2) is 29.9 Å². The first kappa shape index (κ1) is 23.8. The normalized spacial score (nSPS) is 10.2. The molecule has 3 rings (SSSR count). The molecule has 2 amide bonds. The average molecular weight is 464 g/mol. The number of hydrazine groups is 1. The third-order valence-electron chi connectivity index (χ3n) is 4.43. The fourth-order valence-corrected chi connectivity index (χ4v) is 3.49. The molecular formula is C24H22FN5O2S. The van der Waals surface area contributed by atoms with Gasteiger partial charge in [0.1, 0.15) is 5.82 Å². The fraction of sp³-hybridized carbons (Fsp3) is 0.125. The van der Waals surface area contributed by atoms with Crippen LogP contribution in [0.3, 0.4) is 0 Å². The lowest BCUT2D eigenvalue weighted by atomic mass is 10.0. The minimum Gasteiger partial charge on any atom is -0.383 e. The van der Waals surface area contributed by atoms with Crippen molar-refractivity contribution in [3.05, 3.63) is 77.7 Å². The van der Waals surface area contributed by atoms with Gasteiger partial charge in [0.2, 0.25) is 0 Å². The largest absolute Gasteiger partial charge is 0.383 e. The summed E-state index contributed by atoms with van der Waals surface area (Å²) in [5, 5.41) is 5.77. The average Bonchev–Trinajstić information content (AvgIpc) is 2.82. The van der Waals surface area contributed by atoms with Crippen LogP contribution in [0.15, 0.2) is 65.7 Å². The molecule has 1 heterocycles. The first-order chi connectivity index (χ1) is 16.0. The summed E-state index contributed by atoms with van der Waals surface area (Å²) in [6.45, 7) is 2.76. The van der Waals surface area contributed by atoms with E-state index in [0.29, 0.717) is 29.2 Å². The SMILES string of the molecule is C#CC(=O)NCCNc1ccnc(-c2cc(C)cc(C(=O)NNSc3ccccc3F)c2)c1. The van der Waals surface area contributed by atoms with Crippen molar-refractivity contribution in [2.45, 2.75) is 11.8 Å². The third-order valence-corrected chi connectivity index (χ3v) is 5.18. The Morgan fingerprint density at radius 1 is 1.12 bits per heavy atom. The van der Waals surface area contributed by atoms with Gasteiger partial charge in [-0.15, -0.1) is 6.42 Å². The maximum atomic E-state index is 13.7. The summed E-state index contributed by atoms with van der Waals surface area (Å²) in [5.41, 5.74) is 6.15. The predicted molar refractivity (Wildman–Crippen MR) is 128 cm³/mol. The van der Waals surface area contributed by atoms with E-state index in [4.69, 9.17) is 6.42 Å². The summed E-state index contributed by atoms with van der Waals surface area (Å²) in [4.78, 5) is 31.2. The van der Waals surface area contributed by atoms with Crippen LogP contribution in [0.1, 0.15) is 15.9 Å². The van der Waals surface area contributed by atoms with Crippen molar-refractivity contribution in [1.82, 2.24) is 20.6 Å². The molecule has 7 nitrogen and oxygen atoms in total. The van der Waals surface area contributed by atoms with Crippen molar-refractivity contribution < 1.29 is 14.0 Å². The second kappa shape index (κ2) is 11.7. The van der Waals surface area contributed by atoms with Crippen molar-refractivity contribution in [2.24, 2.45) is 0 Å². The van der Waals surface area contributed by atoms with Crippen LogP contribution in [-0.2, 0) is 4.79 Å². The molecule has 2 aromatic carbocycles. The summed E-state index contributed by atoms with van der Waals surface area (Å²) in [6, 6.07) is 15.3. The number of terminal acetylenes is 1. The lowest BCUT2D eigenvalue weighted by Gasteiger charge is -2.11. The molecule has 0 aliphatic rings. The molecule has 0 atom stereocenters. The number of carbonyl (C=O) groups is 2. The smallest absolute Gasteiger partial charge is 0.295 e. The maximum absolute atomic E-state index is 13.7. The first-order valence-corrected chi connectivity index (χ1v) is 10.8. The van der Waals surface area contributed by atoms with Gasteiger partial charge in [-0.1, -0.05) is 12.1 Å². The quantitative estimate of drug-likeness (QED) is 0.168. The summed E-state index contributed by atoms with van der Waals surface area (Å²) in [5.74, 6) is 0.802. The molecule has 0 fully saturated rings. The number of amides is 2. The van der Waals surface area contributed by atoms with Crippen molar-refractivity contribution in [1.29, 1.82) is 0 Å². The molecule has 0 aliphatic carbocycles. The van der Waals surface area contributed by atoms with Gasteiger partial charge in [-0.3, -0.25) is 20.0 Å². The highest BCUT2D eigenvalue weighted by Gasteiger charge is 2.11. The molecule has 3 aromatic rings. The molecule has 0 spiro atoms. The molecular weight excluding hydrogens is 441 g/mol. The van der Waals surface area contributed by atoms with Crippen LogP contribution in [0.2, 0.25) is 0 Å². The Kier molecular flexibility index (Phi) is 8.41. The second-order valence-electron chi connectivity index (χ2n) is 6.93. The summed E-state index contributed by atoms with van der Waals surface area (Å²) < 4.78 is 13.7. The standard InChI is InChI=1S/C24H22FN5O2S/c1-3-23(31)28-11-10-26-19-8-9-27-21(15-19)17-12-16(2)13-18(14-17)24(32)29-30-33-22-7-5-4-6-20(22)25/h1,4-9,12-15,30H,10-11H2,2H3,(H,26,27)(H,28,31)(H,29,32). The number of nitrogens with one attached hydrogen (secondary N) is 4. The number of nitrogens with zero attached hydrogens (tertiary/aromatic N) is 1. The van der Waals surface area contributed by atoms with E-state index >= 15 is 0 Å². The molecule has 0 aliphatic heterocycles. The number of carbonyl (C=O) groups excluding carboxylic acids is 2. The Morgan fingerprint density at radius 2 is 1.94 bits per heavy atom. The maximum Gasteiger partial charge on any atom is 0.295 e. The first-order valence-electron chi connectivity index (χ1n) is 9.99. The number of hydrogen-bond donors (Lipinski definition) is 4. The van der Waals surface area contributed by atoms with Gasteiger partial charge in [-0.2, -0.15) is 4.83 Å². The van der Waals surface area contributed by atoms with Crippen molar-refractivity contribution in [2.75, 3.05) is 18.4 Å². The zero-order chi connectivity index (χ0) is 23.6. The molecule has 0 unspecified atom stereocenters. The van der Waals surface area contributed by atoms with Crippen LogP contribution >= 0.6 is 11.9 Å². The van der Waals surface area contributed by atoms with E-state index in [2.05, 4.69) is 25.9 Å². The highest BCUT2D eigenvalue weighted by Crippen LogP contribution is 2.23. The van der Waals surface area contributed by atoms with E-state index in [9.17, 15) is 14.0 Å². The lowest BCUT2D eigenvalue weighted by molar-refractivity contribution is -0.115. The highest BCUT2D eigenvalue weighted by molar-refractivity contribution is 7.97. The number of aryl methyl sites for hydroxylation is 1. The topological polar surface area (TPSA) is 95.2 Å². The number of anilines is 1. The number of benzene rings is 2. The van der Waals surface area contributed by atoms with E-state index in [1.54, 1.807) is 42.6 Å². The van der Waals surface area contributed by atoms with Crippen LogP contribution in [0, 0.1) is 25.1 Å². The Hall–Kier alpha value is -3.87. The molecule has 0 saturated carbocycles. The highest BCUT2D eigenvalue weighted by atomic mass is 32.2. The van der Waals surface area contributed by atoms with E-state index in [-0.39, 0.29) is 11.7 Å². The van der Waals surface area contributed by atoms with Gasteiger partial charge < -0.3 is 10.6 Å². The molecule has 168 valence electrons. The zero-order valence-corrected chi connectivity index (χ0v) is 18.6. The van der Waals surface area contributed by atoms with Gasteiger partial charge in [-0.05, 0) is 72.8 Å². The summed E-state index contributed by atoms with van der Waals surface area (Å²) in [7, 11) is 0. The number of pyridine rings is 1. The van der Waals surface area contributed by atoms with Gasteiger partial charge in [0, 0.05) is 36.1 Å². The van der Waals surface area contributed by atoms with E-state index in [0.717, 1.165) is 28.8 Å². The zero-order valence-electron chi connectivity index (χ0n) is 17.8. The predicted octanol–water partition coefficient (Wildman–Crippen LogP) is 3.30. The molecule has 0 bridgehead atoms. The summed E-state index contributed by atoms with van der Waals surface area (Å²) in [6.07, 6.45) is 6.67. The molecule has 4 N–H and O–H groups in total. The minimum absolute atomic E-state index is 0.359. The van der Waals surface area contributed by atoms with E-state index < -0.39 is 5.91 Å². The van der Waals surface area contributed by atoms with Crippen molar-refractivity contribution in [3.8, 4) is 23.6 Å². The molecule has 33 heavy (non-hydrogen) atoms. The molecule has 0 saturated heterocycles. The van der Waals surface area contributed by atoms with Crippen LogP contribution < -0.4 is 20.9 Å². The Labute approximate surface area is 195 Å². The van der Waals surface area contributed by atoms with Crippen LogP contribution in [0.5, 0.6) is 0 Å². The Balaban J connectivity index is 1.64. The monoisotopic (exact) mass is 463 g/mol. The minimum atomic E-state index is -0.459. The molecule has 1 aromatic heterocycles. The van der Waals surface area contributed by atoms with E-state index in [1.807, 2.05) is 25.0 Å². The lowest BCUT2D eigenvalue weighted by Crippen LogP contribution is -2.32. The van der Waals surface area contributed by atoms with Gasteiger partial charge in [-0.25, -0.2) is 4.39 Å². The van der Waals surface area contributed by atoms with Gasteiger partial charge >= 0.3 is 0 Å². The van der Waals surface area contributed by atoms with Crippen LogP contribution in [0.4, 0.5) is 10.1 Å². The van der Waals surface area contributed by atoms with Gasteiger partial charge in [0.15, 0.2) is 0 Å². The molecule has 9 heteroatoms. The number of hydrogen-bond acceptors (Lipinski definition) is 6. The van der Waals surface area contributed by atoms with Gasteiger partial charge in [0.25, 0.3) is 11.8 Å². The number of rotatable bonds is 9. The van der Waals surface area contributed by atoms with Gasteiger partial charge in [0.05, 0.1) is 10.6 Å². The van der Waals surface area contributed by atoms with E-state index in [1.165, 1.54) is 6.07 Å². The fourth-order valence-electron chi connectivity index (χ4n) is 2.92. The van der Waals surface area contributed by atoms with Crippen LogP contribution in [0.25, 0.3) is 11.3 Å². The molecule has 0 radical (unpaired) electrons. The Bertz CT molecular complexity index is 1200. The number of halogens is 1. The Morgan fingerprint density at radius 3 is 2.73 bits per heavy atom. The number of aromatic nitrogens is 1. The third kappa shape index (κ3) is 7.07. The second-order valence-corrected chi connectivity index (χ2v) is 7.78. The summed E-state index contributed by atoms with van der Waals surface area (Å²) >= 11 is 0.975.